The smallest absolute Gasteiger partial charge is 0.175 e. The number of fused-ring (bicyclic) bond motifs is 1. The van der Waals surface area contributed by atoms with E-state index in [4.69, 9.17) is 4.84 Å². The minimum atomic E-state index is 0.642. The molecule has 0 amide bonds. The topological polar surface area (TPSA) is 59.1 Å². The van der Waals surface area contributed by atoms with Gasteiger partial charge in [-0.2, -0.15) is 10.2 Å². The summed E-state index contributed by atoms with van der Waals surface area (Å²) >= 11 is 0. The molecule has 0 aliphatic carbocycles. The number of hydrazine groups is 1. The summed E-state index contributed by atoms with van der Waals surface area (Å²) in [6.07, 6.45) is 1.59. The third kappa shape index (κ3) is 0.810. The number of hydrogen-bond donors (Lipinski definition) is 2. The predicted molar refractivity (Wildman–Crippen MR) is 32.6 cm³/mol. The van der Waals surface area contributed by atoms with Gasteiger partial charge in [-0.1, -0.05) is 5.59 Å². The second kappa shape index (κ2) is 2.20. The van der Waals surface area contributed by atoms with Crippen molar-refractivity contribution in [2.45, 2.75) is 6.54 Å². The number of nitrogens with zero attached hydrogens (tertiary/aromatic N) is 2. The highest BCUT2D eigenvalue weighted by Crippen LogP contribution is 2.13. The Balaban J connectivity index is 2.41. The lowest BCUT2D eigenvalue weighted by molar-refractivity contribution is 0.123. The maximum absolute atomic E-state index is 4.96. The van der Waals surface area contributed by atoms with Crippen molar-refractivity contribution in [3.63, 3.8) is 0 Å². The van der Waals surface area contributed by atoms with E-state index in [2.05, 4.69) is 21.2 Å². The van der Waals surface area contributed by atoms with Crippen molar-refractivity contribution in [3.05, 3.63) is 18.0 Å². The summed E-state index contributed by atoms with van der Waals surface area (Å²) in [5.41, 5.74) is 6.11. The highest BCUT2D eigenvalue weighted by Gasteiger charge is 2.09. The predicted octanol–water partition coefficient (Wildman–Crippen LogP) is -0.622. The highest BCUT2D eigenvalue weighted by molar-refractivity contribution is 5.24. The fraction of sp³-hybridized carbons (Fsp3) is 0.200. The average Bonchev–Trinajstić information content (AvgIpc) is 2.05. The summed E-state index contributed by atoms with van der Waals surface area (Å²) in [4.78, 5) is 4.96. The van der Waals surface area contributed by atoms with Crippen LogP contribution < -0.4 is 15.9 Å². The minimum Gasteiger partial charge on any atom is -0.392 e. The van der Waals surface area contributed by atoms with Gasteiger partial charge in [0.1, 0.15) is 5.69 Å². The fourth-order valence-corrected chi connectivity index (χ4v) is 0.776. The first-order valence-corrected chi connectivity index (χ1v) is 2.92. The van der Waals surface area contributed by atoms with Gasteiger partial charge in [0.15, 0.2) is 5.75 Å². The largest absolute Gasteiger partial charge is 0.392 e. The van der Waals surface area contributed by atoms with Crippen molar-refractivity contribution < 1.29 is 4.84 Å². The minimum absolute atomic E-state index is 0.642. The van der Waals surface area contributed by atoms with E-state index < -0.39 is 0 Å². The summed E-state index contributed by atoms with van der Waals surface area (Å²) in [7, 11) is 0. The first kappa shape index (κ1) is 5.57. The first-order chi connectivity index (χ1) is 4.97. The van der Waals surface area contributed by atoms with Crippen molar-refractivity contribution in [1.29, 1.82) is 0 Å². The SMILES string of the molecule is c1cc2c(nn1)CNNO2. The molecule has 0 saturated heterocycles. The Morgan fingerprint density at radius 2 is 2.60 bits per heavy atom. The molecule has 2 heterocycles. The molecular formula is C5H6N4O. The first-order valence-electron chi connectivity index (χ1n) is 2.92. The molecule has 0 fully saturated rings. The van der Waals surface area contributed by atoms with E-state index in [9.17, 15) is 0 Å². The van der Waals surface area contributed by atoms with Crippen LogP contribution in [0, 0.1) is 0 Å². The molecular weight excluding hydrogens is 132 g/mol. The van der Waals surface area contributed by atoms with Crippen LogP contribution in [-0.4, -0.2) is 10.2 Å². The summed E-state index contributed by atoms with van der Waals surface area (Å²) in [5.74, 6) is 0.730. The van der Waals surface area contributed by atoms with Gasteiger partial charge in [0.05, 0.1) is 12.7 Å². The van der Waals surface area contributed by atoms with E-state index in [-0.39, 0.29) is 0 Å². The van der Waals surface area contributed by atoms with Crippen LogP contribution in [0.15, 0.2) is 12.3 Å². The molecule has 1 aliphatic heterocycles. The van der Waals surface area contributed by atoms with E-state index in [0.29, 0.717) is 6.54 Å². The van der Waals surface area contributed by atoms with Crippen LogP contribution in [0.2, 0.25) is 0 Å². The van der Waals surface area contributed by atoms with E-state index in [1.54, 1.807) is 12.3 Å². The molecule has 52 valence electrons. The van der Waals surface area contributed by atoms with Crippen molar-refractivity contribution in [3.8, 4) is 5.75 Å². The molecule has 0 radical (unpaired) electrons. The molecule has 0 bridgehead atoms. The van der Waals surface area contributed by atoms with Crippen molar-refractivity contribution >= 4 is 0 Å². The summed E-state index contributed by atoms with van der Waals surface area (Å²) in [6, 6.07) is 1.76. The normalized spacial score (nSPS) is 15.6. The zero-order chi connectivity index (χ0) is 6.81. The molecule has 5 nitrogen and oxygen atoms in total. The number of aromatic nitrogens is 2. The van der Waals surface area contributed by atoms with Gasteiger partial charge in [0.2, 0.25) is 0 Å². The maximum Gasteiger partial charge on any atom is 0.175 e. The molecule has 5 heteroatoms. The van der Waals surface area contributed by atoms with E-state index in [1.165, 1.54) is 0 Å². The lowest BCUT2D eigenvalue weighted by Gasteiger charge is -2.15. The zero-order valence-corrected chi connectivity index (χ0v) is 5.16. The molecule has 0 atom stereocenters. The van der Waals surface area contributed by atoms with Crippen LogP contribution in [0.1, 0.15) is 5.69 Å². The van der Waals surface area contributed by atoms with Gasteiger partial charge in [0.25, 0.3) is 0 Å². The van der Waals surface area contributed by atoms with Gasteiger partial charge in [-0.15, -0.1) is 0 Å². The summed E-state index contributed by atoms with van der Waals surface area (Å²) in [5, 5.41) is 7.54. The second-order valence-corrected chi connectivity index (χ2v) is 1.90. The molecule has 1 aliphatic rings. The van der Waals surface area contributed by atoms with Gasteiger partial charge in [-0.05, 0) is 0 Å². The van der Waals surface area contributed by atoms with Crippen molar-refractivity contribution in [2.24, 2.45) is 0 Å². The zero-order valence-electron chi connectivity index (χ0n) is 5.16. The molecule has 0 unspecified atom stereocenters. The summed E-state index contributed by atoms with van der Waals surface area (Å²) < 4.78 is 0. The molecule has 10 heavy (non-hydrogen) atoms. The summed E-state index contributed by atoms with van der Waals surface area (Å²) in [6.45, 7) is 0.642. The molecule has 0 aromatic carbocycles. The Morgan fingerprint density at radius 3 is 3.50 bits per heavy atom. The molecule has 2 N–H and O–H groups in total. The Morgan fingerprint density at radius 1 is 1.60 bits per heavy atom. The van der Waals surface area contributed by atoms with Crippen LogP contribution in [0.3, 0.4) is 0 Å². The third-order valence-electron chi connectivity index (χ3n) is 1.24. The van der Waals surface area contributed by atoms with Gasteiger partial charge in [-0.25, -0.2) is 5.43 Å². The monoisotopic (exact) mass is 138 g/mol. The quantitative estimate of drug-likeness (QED) is 0.500. The number of rotatable bonds is 0. The van der Waals surface area contributed by atoms with Gasteiger partial charge >= 0.3 is 0 Å². The van der Waals surface area contributed by atoms with Crippen LogP contribution in [0.25, 0.3) is 0 Å². The van der Waals surface area contributed by atoms with Gasteiger partial charge in [0, 0.05) is 6.07 Å². The Bertz CT molecular complexity index is 214. The average molecular weight is 138 g/mol. The van der Waals surface area contributed by atoms with Crippen LogP contribution in [-0.2, 0) is 6.54 Å². The lowest BCUT2D eigenvalue weighted by Crippen LogP contribution is -2.38. The lowest BCUT2D eigenvalue weighted by atomic mass is 10.3. The fourth-order valence-electron chi connectivity index (χ4n) is 0.776. The van der Waals surface area contributed by atoms with E-state index >= 15 is 0 Å². The van der Waals surface area contributed by atoms with E-state index in [0.717, 1.165) is 11.4 Å². The van der Waals surface area contributed by atoms with Gasteiger partial charge < -0.3 is 4.84 Å². The maximum atomic E-state index is 4.96. The molecule has 2 rings (SSSR count). The molecule has 1 aromatic heterocycles. The highest BCUT2D eigenvalue weighted by atomic mass is 16.7. The molecule has 0 saturated carbocycles. The Labute approximate surface area is 57.3 Å². The van der Waals surface area contributed by atoms with Gasteiger partial charge in [-0.3, -0.25) is 0 Å². The van der Waals surface area contributed by atoms with Crippen molar-refractivity contribution in [2.75, 3.05) is 0 Å². The van der Waals surface area contributed by atoms with Crippen LogP contribution in [0.5, 0.6) is 5.75 Å². The van der Waals surface area contributed by atoms with Crippen LogP contribution in [0.4, 0.5) is 0 Å². The number of hydrogen-bond acceptors (Lipinski definition) is 5. The van der Waals surface area contributed by atoms with Crippen molar-refractivity contribution in [1.82, 2.24) is 21.2 Å². The Hall–Kier alpha value is -1.20. The second-order valence-electron chi connectivity index (χ2n) is 1.90. The Kier molecular flexibility index (Phi) is 1.23. The van der Waals surface area contributed by atoms with Crippen LogP contribution >= 0.6 is 0 Å². The molecule has 0 spiro atoms. The standard InChI is InChI=1S/C5H6N4O/c1-2-6-8-4-3-7-9-10-5(1)4/h1-2,7,9H,3H2. The molecule has 1 aromatic rings. The number of nitrogens with one attached hydrogen (secondary N) is 2. The third-order valence-corrected chi connectivity index (χ3v) is 1.24. The van der Waals surface area contributed by atoms with E-state index in [1.807, 2.05) is 0 Å².